The predicted octanol–water partition coefficient (Wildman–Crippen LogP) is 2.15. The maximum absolute atomic E-state index is 13.4. The number of benzene rings is 2. The average molecular weight is 498 g/mol. The minimum Gasteiger partial charge on any atom is -0.340 e. The number of amides is 1. The maximum Gasteiger partial charge on any atom is 0.243 e. The highest BCUT2D eigenvalue weighted by molar-refractivity contribution is 7.89. The normalized spacial score (nSPS) is 15.7. The van der Waals surface area contributed by atoms with Crippen molar-refractivity contribution in [1.29, 1.82) is 0 Å². The van der Waals surface area contributed by atoms with Gasteiger partial charge in [-0.05, 0) is 41.8 Å². The molecule has 1 fully saturated rings. The van der Waals surface area contributed by atoms with Crippen LogP contribution in [0.3, 0.4) is 0 Å². The lowest BCUT2D eigenvalue weighted by Gasteiger charge is -2.34. The third-order valence-electron chi connectivity index (χ3n) is 5.51. The molecular formula is C22H28FN3O5S2. The summed E-state index contributed by atoms with van der Waals surface area (Å²) < 4.78 is 67.3. The van der Waals surface area contributed by atoms with Gasteiger partial charge in [0.1, 0.15) is 5.82 Å². The van der Waals surface area contributed by atoms with Crippen molar-refractivity contribution < 1.29 is 26.0 Å². The number of nitrogens with zero attached hydrogens (tertiary/aromatic N) is 2. The Labute approximate surface area is 194 Å². The molecule has 0 spiro atoms. The molecule has 180 valence electrons. The van der Waals surface area contributed by atoms with Crippen molar-refractivity contribution >= 4 is 26.0 Å². The van der Waals surface area contributed by atoms with E-state index in [0.717, 1.165) is 11.6 Å². The number of nitrogens with one attached hydrogen (secondary N) is 1. The Morgan fingerprint density at radius 1 is 0.970 bits per heavy atom. The van der Waals surface area contributed by atoms with Crippen LogP contribution in [0.4, 0.5) is 4.39 Å². The molecule has 0 atom stereocenters. The lowest BCUT2D eigenvalue weighted by Crippen LogP contribution is -2.50. The molecule has 1 amide bonds. The summed E-state index contributed by atoms with van der Waals surface area (Å²) in [5.41, 5.74) is 1.03. The fraction of sp³-hybridized carbons (Fsp3) is 0.409. The standard InChI is InChI=1S/C22H28FN3O5S2/c1-17(2)18-6-8-20(9-7-18)32(28,29)24-11-10-22(27)25-12-14-26(15-13-25)33(30,31)21-5-3-4-19(23)16-21/h3-9,16-17,24H,10-15H2,1-2H3. The van der Waals surface area contributed by atoms with Crippen LogP contribution in [0.5, 0.6) is 0 Å². The van der Waals surface area contributed by atoms with Crippen molar-refractivity contribution in [3.05, 3.63) is 59.9 Å². The van der Waals surface area contributed by atoms with Gasteiger partial charge in [-0.25, -0.2) is 25.9 Å². The van der Waals surface area contributed by atoms with E-state index in [0.29, 0.717) is 0 Å². The van der Waals surface area contributed by atoms with Crippen LogP contribution < -0.4 is 4.72 Å². The molecule has 1 aliphatic heterocycles. The van der Waals surface area contributed by atoms with Gasteiger partial charge in [0.15, 0.2) is 0 Å². The van der Waals surface area contributed by atoms with Crippen LogP contribution in [0.15, 0.2) is 58.3 Å². The van der Waals surface area contributed by atoms with Crippen molar-refractivity contribution in [2.24, 2.45) is 0 Å². The van der Waals surface area contributed by atoms with E-state index < -0.39 is 25.9 Å². The molecule has 0 aliphatic carbocycles. The Hall–Kier alpha value is -2.34. The summed E-state index contributed by atoms with van der Waals surface area (Å²) in [4.78, 5) is 14.0. The second kappa shape index (κ2) is 10.3. The first kappa shape index (κ1) is 25.3. The van der Waals surface area contributed by atoms with Crippen LogP contribution in [-0.4, -0.2) is 64.7 Å². The van der Waals surface area contributed by atoms with Crippen LogP contribution >= 0.6 is 0 Å². The van der Waals surface area contributed by atoms with Crippen LogP contribution in [-0.2, 0) is 24.8 Å². The Morgan fingerprint density at radius 2 is 1.61 bits per heavy atom. The SMILES string of the molecule is CC(C)c1ccc(S(=O)(=O)NCCC(=O)N2CCN(S(=O)(=O)c3cccc(F)c3)CC2)cc1. The molecule has 11 heteroatoms. The van der Waals surface area contributed by atoms with Gasteiger partial charge in [-0.15, -0.1) is 0 Å². The number of hydrogen-bond acceptors (Lipinski definition) is 5. The molecule has 0 unspecified atom stereocenters. The molecule has 1 N–H and O–H groups in total. The quantitative estimate of drug-likeness (QED) is 0.602. The summed E-state index contributed by atoms with van der Waals surface area (Å²) in [5.74, 6) is -0.615. The molecule has 2 aromatic carbocycles. The zero-order chi connectivity index (χ0) is 24.2. The minimum atomic E-state index is -3.85. The summed E-state index contributed by atoms with van der Waals surface area (Å²) in [6.45, 7) is 4.49. The molecule has 0 saturated carbocycles. The van der Waals surface area contributed by atoms with Gasteiger partial charge in [0.2, 0.25) is 26.0 Å². The average Bonchev–Trinajstić information content (AvgIpc) is 2.79. The van der Waals surface area contributed by atoms with Gasteiger partial charge in [0.05, 0.1) is 9.79 Å². The Balaban J connectivity index is 1.50. The van der Waals surface area contributed by atoms with Crippen LogP contribution in [0.1, 0.15) is 31.7 Å². The van der Waals surface area contributed by atoms with E-state index in [1.165, 1.54) is 39.5 Å². The van der Waals surface area contributed by atoms with E-state index in [9.17, 15) is 26.0 Å². The number of hydrogen-bond donors (Lipinski definition) is 1. The first-order valence-electron chi connectivity index (χ1n) is 10.6. The second-order valence-corrected chi connectivity index (χ2v) is 11.8. The van der Waals surface area contributed by atoms with E-state index in [-0.39, 0.29) is 60.8 Å². The summed E-state index contributed by atoms with van der Waals surface area (Å²) in [5, 5.41) is 0. The Morgan fingerprint density at radius 3 is 2.18 bits per heavy atom. The van der Waals surface area contributed by atoms with Crippen LogP contribution in [0.2, 0.25) is 0 Å². The molecule has 1 saturated heterocycles. The molecule has 0 radical (unpaired) electrons. The third-order valence-corrected chi connectivity index (χ3v) is 8.88. The molecule has 0 bridgehead atoms. The van der Waals surface area contributed by atoms with Gasteiger partial charge >= 0.3 is 0 Å². The monoisotopic (exact) mass is 497 g/mol. The Bertz CT molecular complexity index is 1190. The zero-order valence-corrected chi connectivity index (χ0v) is 20.2. The van der Waals surface area contributed by atoms with Crippen molar-refractivity contribution in [3.63, 3.8) is 0 Å². The van der Waals surface area contributed by atoms with Crippen molar-refractivity contribution in [3.8, 4) is 0 Å². The summed E-state index contributed by atoms with van der Waals surface area (Å²) in [7, 11) is -7.58. The summed E-state index contributed by atoms with van der Waals surface area (Å²) in [6.07, 6.45) is -0.0417. The number of halogens is 1. The number of rotatable bonds is 8. The van der Waals surface area contributed by atoms with Gasteiger partial charge in [-0.3, -0.25) is 4.79 Å². The highest BCUT2D eigenvalue weighted by Crippen LogP contribution is 2.19. The summed E-state index contributed by atoms with van der Waals surface area (Å²) in [6, 6.07) is 11.4. The highest BCUT2D eigenvalue weighted by atomic mass is 32.2. The van der Waals surface area contributed by atoms with Crippen molar-refractivity contribution in [1.82, 2.24) is 13.9 Å². The van der Waals surface area contributed by atoms with E-state index in [4.69, 9.17) is 0 Å². The lowest BCUT2D eigenvalue weighted by molar-refractivity contribution is -0.132. The fourth-order valence-electron chi connectivity index (χ4n) is 3.52. The fourth-order valence-corrected chi connectivity index (χ4v) is 6.01. The van der Waals surface area contributed by atoms with Gasteiger partial charge in [0, 0.05) is 39.1 Å². The van der Waals surface area contributed by atoms with E-state index >= 15 is 0 Å². The second-order valence-electron chi connectivity index (χ2n) is 8.11. The topological polar surface area (TPSA) is 104 Å². The van der Waals surface area contributed by atoms with Gasteiger partial charge in [-0.2, -0.15) is 4.31 Å². The third kappa shape index (κ3) is 6.17. The molecule has 1 heterocycles. The first-order chi connectivity index (χ1) is 15.5. The largest absolute Gasteiger partial charge is 0.340 e. The molecule has 0 aromatic heterocycles. The Kier molecular flexibility index (Phi) is 7.88. The van der Waals surface area contributed by atoms with Crippen molar-refractivity contribution in [2.45, 2.75) is 36.0 Å². The number of carbonyl (C=O) groups excluding carboxylic acids is 1. The van der Waals surface area contributed by atoms with Crippen LogP contribution in [0, 0.1) is 5.82 Å². The zero-order valence-electron chi connectivity index (χ0n) is 18.6. The molecule has 8 nitrogen and oxygen atoms in total. The molecule has 2 aromatic rings. The number of piperazine rings is 1. The summed E-state index contributed by atoms with van der Waals surface area (Å²) >= 11 is 0. The predicted molar refractivity (Wildman–Crippen MR) is 122 cm³/mol. The van der Waals surface area contributed by atoms with E-state index in [1.807, 2.05) is 13.8 Å². The molecular weight excluding hydrogens is 469 g/mol. The molecule has 1 aliphatic rings. The van der Waals surface area contributed by atoms with Crippen molar-refractivity contribution in [2.75, 3.05) is 32.7 Å². The minimum absolute atomic E-state index is 0.0417. The van der Waals surface area contributed by atoms with E-state index in [2.05, 4.69) is 4.72 Å². The first-order valence-corrected chi connectivity index (χ1v) is 13.6. The van der Waals surface area contributed by atoms with Gasteiger partial charge in [0.25, 0.3) is 0 Å². The number of carbonyl (C=O) groups is 1. The van der Waals surface area contributed by atoms with E-state index in [1.54, 1.807) is 12.1 Å². The molecule has 3 rings (SSSR count). The van der Waals surface area contributed by atoms with Gasteiger partial charge in [-0.1, -0.05) is 32.0 Å². The maximum atomic E-state index is 13.4. The lowest BCUT2D eigenvalue weighted by atomic mass is 10.0. The van der Waals surface area contributed by atoms with Gasteiger partial charge < -0.3 is 4.90 Å². The highest BCUT2D eigenvalue weighted by Gasteiger charge is 2.30. The smallest absolute Gasteiger partial charge is 0.243 e. The number of sulfonamides is 2. The van der Waals surface area contributed by atoms with Crippen LogP contribution in [0.25, 0.3) is 0 Å². The molecule has 33 heavy (non-hydrogen) atoms.